The summed E-state index contributed by atoms with van der Waals surface area (Å²) in [7, 11) is 0. The second-order valence-electron chi connectivity index (χ2n) is 4.72. The molecule has 0 fully saturated rings. The molecule has 3 unspecified atom stereocenters. The zero-order valence-electron chi connectivity index (χ0n) is 10.6. The minimum atomic E-state index is 0.127. The van der Waals surface area contributed by atoms with Gasteiger partial charge < -0.3 is 15.5 Å². The third-order valence-corrected chi connectivity index (χ3v) is 3.17. The number of fused-ring (bicyclic) bond motifs is 1. The van der Waals surface area contributed by atoms with Gasteiger partial charge in [0.15, 0.2) is 0 Å². The summed E-state index contributed by atoms with van der Waals surface area (Å²) >= 11 is 0. The molecule has 0 saturated carbocycles. The van der Waals surface area contributed by atoms with E-state index in [1.807, 2.05) is 25.1 Å². The Morgan fingerprint density at radius 1 is 1.18 bits per heavy atom. The topological polar surface area (TPSA) is 51.2 Å². The van der Waals surface area contributed by atoms with Crippen LogP contribution in [0, 0.1) is 0 Å². The standard InChI is InChI=1S/C14H20N2O/c1-9(15)10(2)16-11(3)14-8-12-6-4-5-7-13(12)17-14/h4-11,16H,15H2,1-3H3. The monoisotopic (exact) mass is 232 g/mol. The predicted octanol–water partition coefficient (Wildman–Crippen LogP) is 2.82. The quantitative estimate of drug-likeness (QED) is 0.852. The van der Waals surface area contributed by atoms with Crippen molar-refractivity contribution in [1.29, 1.82) is 0 Å². The van der Waals surface area contributed by atoms with Gasteiger partial charge in [-0.25, -0.2) is 0 Å². The van der Waals surface area contributed by atoms with Crippen LogP contribution in [0.4, 0.5) is 0 Å². The SMILES string of the molecule is CC(NC(C)C(C)N)c1cc2ccccc2o1. The van der Waals surface area contributed by atoms with E-state index in [-0.39, 0.29) is 18.1 Å². The average Bonchev–Trinajstić information content (AvgIpc) is 2.72. The van der Waals surface area contributed by atoms with Crippen molar-refractivity contribution < 1.29 is 4.42 Å². The number of rotatable bonds is 4. The fraction of sp³-hybridized carbons (Fsp3) is 0.429. The number of hydrogen-bond donors (Lipinski definition) is 2. The van der Waals surface area contributed by atoms with Crippen molar-refractivity contribution in [3.05, 3.63) is 36.1 Å². The first kappa shape index (κ1) is 12.1. The van der Waals surface area contributed by atoms with Gasteiger partial charge in [0.25, 0.3) is 0 Å². The Labute approximate surface area is 102 Å². The highest BCUT2D eigenvalue weighted by atomic mass is 16.3. The Hall–Kier alpha value is -1.32. The number of hydrogen-bond acceptors (Lipinski definition) is 3. The second kappa shape index (κ2) is 4.90. The van der Waals surface area contributed by atoms with Gasteiger partial charge in [-0.05, 0) is 32.9 Å². The lowest BCUT2D eigenvalue weighted by atomic mass is 10.1. The van der Waals surface area contributed by atoms with Crippen molar-refractivity contribution in [2.75, 3.05) is 0 Å². The van der Waals surface area contributed by atoms with Gasteiger partial charge in [0.2, 0.25) is 0 Å². The van der Waals surface area contributed by atoms with Gasteiger partial charge in [-0.1, -0.05) is 18.2 Å². The van der Waals surface area contributed by atoms with Gasteiger partial charge in [-0.2, -0.15) is 0 Å². The van der Waals surface area contributed by atoms with Crippen LogP contribution in [0.25, 0.3) is 11.0 Å². The summed E-state index contributed by atoms with van der Waals surface area (Å²) in [6, 6.07) is 10.7. The summed E-state index contributed by atoms with van der Waals surface area (Å²) in [6.07, 6.45) is 0. The summed E-state index contributed by atoms with van der Waals surface area (Å²) in [4.78, 5) is 0. The molecule has 3 atom stereocenters. The highest BCUT2D eigenvalue weighted by Crippen LogP contribution is 2.23. The van der Waals surface area contributed by atoms with Crippen molar-refractivity contribution in [3.63, 3.8) is 0 Å². The van der Waals surface area contributed by atoms with Crippen LogP contribution in [0.3, 0.4) is 0 Å². The van der Waals surface area contributed by atoms with Crippen LogP contribution in [0.1, 0.15) is 32.6 Å². The van der Waals surface area contributed by atoms with Gasteiger partial charge in [0.05, 0.1) is 6.04 Å². The molecule has 0 saturated heterocycles. The molecule has 3 heteroatoms. The molecule has 2 rings (SSSR count). The van der Waals surface area contributed by atoms with Crippen molar-refractivity contribution in [2.45, 2.75) is 38.9 Å². The van der Waals surface area contributed by atoms with E-state index in [4.69, 9.17) is 10.2 Å². The lowest BCUT2D eigenvalue weighted by Crippen LogP contribution is -2.41. The maximum Gasteiger partial charge on any atom is 0.134 e. The van der Waals surface area contributed by atoms with Gasteiger partial charge in [0, 0.05) is 17.5 Å². The molecule has 0 spiro atoms. The molecule has 0 bridgehead atoms. The highest BCUT2D eigenvalue weighted by Gasteiger charge is 2.15. The van der Waals surface area contributed by atoms with E-state index in [0.717, 1.165) is 16.7 Å². The van der Waals surface area contributed by atoms with E-state index in [1.165, 1.54) is 0 Å². The van der Waals surface area contributed by atoms with Crippen molar-refractivity contribution in [1.82, 2.24) is 5.32 Å². The molecule has 17 heavy (non-hydrogen) atoms. The summed E-state index contributed by atoms with van der Waals surface area (Å²) in [6.45, 7) is 6.18. The van der Waals surface area contributed by atoms with Crippen LogP contribution < -0.4 is 11.1 Å². The smallest absolute Gasteiger partial charge is 0.134 e. The first-order valence-electron chi connectivity index (χ1n) is 6.08. The zero-order chi connectivity index (χ0) is 12.4. The van der Waals surface area contributed by atoms with Crippen LogP contribution in [0.15, 0.2) is 34.7 Å². The number of nitrogens with two attached hydrogens (primary N) is 1. The summed E-state index contributed by atoms with van der Waals surface area (Å²) in [5, 5.41) is 4.58. The van der Waals surface area contributed by atoms with Gasteiger partial charge >= 0.3 is 0 Å². The highest BCUT2D eigenvalue weighted by molar-refractivity contribution is 5.77. The Morgan fingerprint density at radius 3 is 2.53 bits per heavy atom. The second-order valence-corrected chi connectivity index (χ2v) is 4.72. The van der Waals surface area contributed by atoms with E-state index < -0.39 is 0 Å². The fourth-order valence-electron chi connectivity index (χ4n) is 1.84. The fourth-order valence-corrected chi connectivity index (χ4v) is 1.84. The number of para-hydroxylation sites is 1. The Balaban J connectivity index is 2.16. The minimum Gasteiger partial charge on any atom is -0.459 e. The van der Waals surface area contributed by atoms with Gasteiger partial charge in [0.1, 0.15) is 11.3 Å². The summed E-state index contributed by atoms with van der Waals surface area (Å²) < 4.78 is 5.81. The lowest BCUT2D eigenvalue weighted by Gasteiger charge is -2.21. The summed E-state index contributed by atoms with van der Waals surface area (Å²) in [5.41, 5.74) is 6.78. The van der Waals surface area contributed by atoms with E-state index in [0.29, 0.717) is 0 Å². The van der Waals surface area contributed by atoms with E-state index in [1.54, 1.807) is 0 Å². The zero-order valence-corrected chi connectivity index (χ0v) is 10.6. The van der Waals surface area contributed by atoms with Gasteiger partial charge in [-0.3, -0.25) is 0 Å². The van der Waals surface area contributed by atoms with Crippen molar-refractivity contribution in [3.8, 4) is 0 Å². The molecule has 0 aliphatic carbocycles. The predicted molar refractivity (Wildman–Crippen MR) is 70.9 cm³/mol. The Bertz CT molecular complexity index is 457. The average molecular weight is 232 g/mol. The Kier molecular flexibility index (Phi) is 3.50. The normalized spacial score (nSPS) is 16.9. The first-order valence-corrected chi connectivity index (χ1v) is 6.08. The molecule has 3 nitrogen and oxygen atoms in total. The third kappa shape index (κ3) is 2.68. The largest absolute Gasteiger partial charge is 0.459 e. The number of nitrogens with one attached hydrogen (secondary N) is 1. The molecule has 0 aliphatic heterocycles. The first-order chi connectivity index (χ1) is 8.08. The molecule has 92 valence electrons. The van der Waals surface area contributed by atoms with Crippen LogP contribution in [0.2, 0.25) is 0 Å². The van der Waals surface area contributed by atoms with E-state index in [9.17, 15) is 0 Å². The van der Waals surface area contributed by atoms with E-state index >= 15 is 0 Å². The van der Waals surface area contributed by atoms with Crippen LogP contribution in [0.5, 0.6) is 0 Å². The molecule has 0 aliphatic rings. The molecular formula is C14H20N2O. The van der Waals surface area contributed by atoms with Crippen LogP contribution in [-0.4, -0.2) is 12.1 Å². The molecule has 2 aromatic rings. The third-order valence-electron chi connectivity index (χ3n) is 3.17. The molecular weight excluding hydrogens is 212 g/mol. The number of furan rings is 1. The maximum atomic E-state index is 5.84. The lowest BCUT2D eigenvalue weighted by molar-refractivity contribution is 0.385. The molecule has 1 aromatic carbocycles. The molecule has 1 heterocycles. The summed E-state index contributed by atoms with van der Waals surface area (Å²) in [5.74, 6) is 0.957. The molecule has 0 radical (unpaired) electrons. The molecule has 0 amide bonds. The van der Waals surface area contributed by atoms with E-state index in [2.05, 4.69) is 31.3 Å². The minimum absolute atomic E-state index is 0.127. The van der Waals surface area contributed by atoms with Crippen molar-refractivity contribution in [2.24, 2.45) is 5.73 Å². The number of benzene rings is 1. The molecule has 3 N–H and O–H groups in total. The Morgan fingerprint density at radius 2 is 1.88 bits per heavy atom. The maximum absolute atomic E-state index is 5.84. The van der Waals surface area contributed by atoms with Crippen LogP contribution in [-0.2, 0) is 0 Å². The molecule has 1 aromatic heterocycles. The van der Waals surface area contributed by atoms with Crippen LogP contribution >= 0.6 is 0 Å². The van der Waals surface area contributed by atoms with Crippen molar-refractivity contribution >= 4 is 11.0 Å². The van der Waals surface area contributed by atoms with Gasteiger partial charge in [-0.15, -0.1) is 0 Å².